The Bertz CT molecular complexity index is 289. The Hall–Kier alpha value is -0.200. The molecule has 0 fully saturated rings. The Morgan fingerprint density at radius 3 is 1.00 bits per heavy atom. The quantitative estimate of drug-likeness (QED) is 0.463. The molecule has 0 aliphatic rings. The predicted octanol–water partition coefficient (Wildman–Crippen LogP) is 4.22. The van der Waals surface area contributed by atoms with Crippen LogP contribution in [0.1, 0.15) is 69.2 Å². The van der Waals surface area contributed by atoms with E-state index in [2.05, 4.69) is 0 Å². The normalized spacial score (nSPS) is 16.4. The Morgan fingerprint density at radius 2 is 0.760 bits per heavy atom. The first-order valence-corrected chi connectivity index (χ1v) is 9.72. The van der Waals surface area contributed by atoms with Crippen molar-refractivity contribution in [2.45, 2.75) is 118 Å². The highest BCUT2D eigenvalue weighted by atomic mass is 16.6. The van der Waals surface area contributed by atoms with Crippen molar-refractivity contribution in [1.29, 1.82) is 0 Å². The van der Waals surface area contributed by atoms with E-state index >= 15 is 0 Å². The van der Waals surface area contributed by atoms with Crippen LogP contribution < -0.4 is 0 Å². The average Bonchev–Trinajstić information content (AvgIpc) is 2.44. The van der Waals surface area contributed by atoms with Crippen LogP contribution >= 0.6 is 0 Å². The minimum absolute atomic E-state index is 0.0552. The summed E-state index contributed by atoms with van der Waals surface area (Å²) >= 11 is 0. The van der Waals surface area contributed by atoms with Gasteiger partial charge in [-0.05, 0) is 69.2 Å². The van der Waals surface area contributed by atoms with Crippen molar-refractivity contribution in [3.63, 3.8) is 0 Å². The predicted molar refractivity (Wildman–Crippen MR) is 102 cm³/mol. The number of rotatable bonds is 14. The SMILES string of the molecule is CC(C)OCC(OC(C)C)C(OC(C)C)C(COC(C)C)OC(C)C. The highest BCUT2D eigenvalue weighted by Crippen LogP contribution is 2.19. The molecule has 5 heteroatoms. The van der Waals surface area contributed by atoms with Crippen LogP contribution in [0.25, 0.3) is 0 Å². The van der Waals surface area contributed by atoms with Crippen LogP contribution in [0.5, 0.6) is 0 Å². The van der Waals surface area contributed by atoms with Gasteiger partial charge in [0.05, 0.1) is 43.7 Å². The Balaban J connectivity index is 5.38. The molecule has 0 saturated carbocycles. The van der Waals surface area contributed by atoms with Crippen LogP contribution in [0.2, 0.25) is 0 Å². The second kappa shape index (κ2) is 13.0. The van der Waals surface area contributed by atoms with Gasteiger partial charge in [0.1, 0.15) is 18.3 Å². The first kappa shape index (κ1) is 24.8. The molecule has 2 unspecified atom stereocenters. The third kappa shape index (κ3) is 12.7. The van der Waals surface area contributed by atoms with Crippen molar-refractivity contribution in [3.8, 4) is 0 Å². The maximum absolute atomic E-state index is 6.23. The monoisotopic (exact) mass is 362 g/mol. The molecule has 0 aromatic carbocycles. The van der Waals surface area contributed by atoms with Gasteiger partial charge in [0.2, 0.25) is 0 Å². The zero-order valence-electron chi connectivity index (χ0n) is 18.1. The molecule has 0 aliphatic heterocycles. The molecule has 0 aromatic rings. The molecule has 0 heterocycles. The van der Waals surface area contributed by atoms with Crippen LogP contribution in [-0.4, -0.2) is 62.0 Å². The van der Waals surface area contributed by atoms with E-state index in [0.29, 0.717) is 13.2 Å². The number of hydrogen-bond donors (Lipinski definition) is 0. The van der Waals surface area contributed by atoms with E-state index in [-0.39, 0.29) is 48.8 Å². The highest BCUT2D eigenvalue weighted by molar-refractivity contribution is 4.82. The second-order valence-electron chi connectivity index (χ2n) is 7.86. The van der Waals surface area contributed by atoms with E-state index in [1.807, 2.05) is 69.2 Å². The molecule has 152 valence electrons. The van der Waals surface area contributed by atoms with Gasteiger partial charge in [0.25, 0.3) is 0 Å². The van der Waals surface area contributed by atoms with Crippen LogP contribution in [0.3, 0.4) is 0 Å². The summed E-state index contributed by atoms with van der Waals surface area (Å²) in [6, 6.07) is 0. The minimum atomic E-state index is -0.262. The molecule has 0 amide bonds. The lowest BCUT2D eigenvalue weighted by Gasteiger charge is -2.36. The number of ether oxygens (including phenoxy) is 5. The lowest BCUT2D eigenvalue weighted by atomic mass is 10.1. The molecule has 2 atom stereocenters. The summed E-state index contributed by atoms with van der Waals surface area (Å²) in [5, 5.41) is 0. The van der Waals surface area contributed by atoms with Crippen molar-refractivity contribution in [3.05, 3.63) is 0 Å². The van der Waals surface area contributed by atoms with Crippen LogP contribution in [0, 0.1) is 0 Å². The summed E-state index contributed by atoms with van der Waals surface area (Å²) in [4.78, 5) is 0. The van der Waals surface area contributed by atoms with E-state index in [1.54, 1.807) is 0 Å². The van der Waals surface area contributed by atoms with Gasteiger partial charge in [0.15, 0.2) is 0 Å². The Kier molecular flexibility index (Phi) is 12.9. The largest absolute Gasteiger partial charge is 0.376 e. The summed E-state index contributed by atoms with van der Waals surface area (Å²) in [6.45, 7) is 21.2. The fourth-order valence-electron chi connectivity index (χ4n) is 2.43. The Labute approximate surface area is 155 Å². The summed E-state index contributed by atoms with van der Waals surface area (Å²) in [6.07, 6.45) is -0.228. The van der Waals surface area contributed by atoms with Crippen molar-refractivity contribution >= 4 is 0 Å². The van der Waals surface area contributed by atoms with Crippen molar-refractivity contribution in [1.82, 2.24) is 0 Å². The first-order valence-electron chi connectivity index (χ1n) is 9.72. The average molecular weight is 363 g/mol. The second-order valence-corrected chi connectivity index (χ2v) is 7.86. The third-order valence-electron chi connectivity index (χ3n) is 3.24. The van der Waals surface area contributed by atoms with Crippen LogP contribution in [0.15, 0.2) is 0 Å². The Morgan fingerprint density at radius 1 is 0.440 bits per heavy atom. The third-order valence-corrected chi connectivity index (χ3v) is 3.24. The van der Waals surface area contributed by atoms with Crippen molar-refractivity contribution in [2.24, 2.45) is 0 Å². The smallest absolute Gasteiger partial charge is 0.115 e. The molecule has 5 nitrogen and oxygen atoms in total. The maximum Gasteiger partial charge on any atom is 0.115 e. The topological polar surface area (TPSA) is 46.2 Å². The molecule has 0 aliphatic carbocycles. The fourth-order valence-corrected chi connectivity index (χ4v) is 2.43. The maximum atomic E-state index is 6.23. The van der Waals surface area contributed by atoms with E-state index < -0.39 is 0 Å². The highest BCUT2D eigenvalue weighted by Gasteiger charge is 2.35. The molecule has 0 bridgehead atoms. The van der Waals surface area contributed by atoms with Crippen molar-refractivity contribution < 1.29 is 23.7 Å². The summed E-state index contributed by atoms with van der Waals surface area (Å²) in [5.74, 6) is 0. The first-order chi connectivity index (χ1) is 11.5. The lowest BCUT2D eigenvalue weighted by Crippen LogP contribution is -2.50. The summed E-state index contributed by atoms with van der Waals surface area (Å²) in [5.41, 5.74) is 0. The minimum Gasteiger partial charge on any atom is -0.376 e. The molecule has 0 aromatic heterocycles. The van der Waals surface area contributed by atoms with Crippen molar-refractivity contribution in [2.75, 3.05) is 13.2 Å². The van der Waals surface area contributed by atoms with E-state index in [1.165, 1.54) is 0 Å². The lowest BCUT2D eigenvalue weighted by molar-refractivity contribution is -0.200. The summed E-state index contributed by atoms with van der Waals surface area (Å²) < 4.78 is 30.2. The molecule has 0 rings (SSSR count). The standard InChI is InChI=1S/C20H42O5/c1-13(2)21-11-18(23-15(5)6)20(25-17(9)10)19(24-16(7)8)12-22-14(3)4/h13-20H,11-12H2,1-10H3. The van der Waals surface area contributed by atoms with Crippen LogP contribution in [0.4, 0.5) is 0 Å². The zero-order chi connectivity index (χ0) is 19.6. The molecule has 0 saturated heterocycles. The van der Waals surface area contributed by atoms with Gasteiger partial charge in [-0.1, -0.05) is 0 Å². The van der Waals surface area contributed by atoms with Gasteiger partial charge in [-0.3, -0.25) is 0 Å². The van der Waals surface area contributed by atoms with E-state index in [0.717, 1.165) is 0 Å². The number of hydrogen-bond acceptors (Lipinski definition) is 5. The molecule has 0 radical (unpaired) electrons. The molecule has 0 spiro atoms. The van der Waals surface area contributed by atoms with Gasteiger partial charge in [-0.15, -0.1) is 0 Å². The van der Waals surface area contributed by atoms with Gasteiger partial charge in [-0.2, -0.15) is 0 Å². The fraction of sp³-hybridized carbons (Fsp3) is 1.00. The van der Waals surface area contributed by atoms with Crippen LogP contribution in [-0.2, 0) is 23.7 Å². The van der Waals surface area contributed by atoms with Gasteiger partial charge >= 0.3 is 0 Å². The van der Waals surface area contributed by atoms with E-state index in [4.69, 9.17) is 23.7 Å². The zero-order valence-corrected chi connectivity index (χ0v) is 18.1. The van der Waals surface area contributed by atoms with Gasteiger partial charge in [0, 0.05) is 0 Å². The van der Waals surface area contributed by atoms with Gasteiger partial charge in [-0.25, -0.2) is 0 Å². The molecular formula is C20H42O5. The summed E-state index contributed by atoms with van der Waals surface area (Å²) in [7, 11) is 0. The molecule has 0 N–H and O–H groups in total. The van der Waals surface area contributed by atoms with Gasteiger partial charge < -0.3 is 23.7 Å². The molecule has 25 heavy (non-hydrogen) atoms. The molecular weight excluding hydrogens is 320 g/mol. The van der Waals surface area contributed by atoms with E-state index in [9.17, 15) is 0 Å².